The van der Waals surface area contributed by atoms with Crippen LogP contribution in [0.1, 0.15) is 42.3 Å². The zero-order valence-corrected chi connectivity index (χ0v) is 14.4. The molecule has 4 rings (SSSR count). The first-order valence-corrected chi connectivity index (χ1v) is 8.90. The fourth-order valence-electron chi connectivity index (χ4n) is 3.36. The molecule has 0 aliphatic heterocycles. The quantitative estimate of drug-likeness (QED) is 0.765. The lowest BCUT2D eigenvalue weighted by Gasteiger charge is -2.26. The average Bonchev–Trinajstić information content (AvgIpc) is 3.17. The highest BCUT2D eigenvalue weighted by Crippen LogP contribution is 2.29. The van der Waals surface area contributed by atoms with Crippen LogP contribution in [0.25, 0.3) is 11.4 Å². The van der Waals surface area contributed by atoms with E-state index in [1.165, 1.54) is 11.1 Å². The number of aryl methyl sites for hydroxylation is 2. The molecular weight excluding hydrogens is 328 g/mol. The molecule has 0 spiro atoms. The molecule has 6 nitrogen and oxygen atoms in total. The summed E-state index contributed by atoms with van der Waals surface area (Å²) in [5.74, 6) is 0.964. The molecule has 1 aromatic carbocycles. The summed E-state index contributed by atoms with van der Waals surface area (Å²) in [4.78, 5) is 20.7. The van der Waals surface area contributed by atoms with Gasteiger partial charge in [0.15, 0.2) is 0 Å². The molecule has 2 aromatic heterocycles. The summed E-state index contributed by atoms with van der Waals surface area (Å²) in [6, 6.07) is 12.1. The van der Waals surface area contributed by atoms with Gasteiger partial charge in [-0.25, -0.2) is 0 Å². The van der Waals surface area contributed by atoms with E-state index < -0.39 is 0 Å². The Morgan fingerprint density at radius 2 is 2.15 bits per heavy atom. The van der Waals surface area contributed by atoms with E-state index in [2.05, 4.69) is 38.6 Å². The Morgan fingerprint density at radius 3 is 3.04 bits per heavy atom. The summed E-state index contributed by atoms with van der Waals surface area (Å²) in [5.41, 5.74) is 3.37. The summed E-state index contributed by atoms with van der Waals surface area (Å²) >= 11 is 0. The van der Waals surface area contributed by atoms with Crippen molar-refractivity contribution in [3.05, 3.63) is 65.8 Å². The van der Waals surface area contributed by atoms with Gasteiger partial charge >= 0.3 is 0 Å². The van der Waals surface area contributed by atoms with Crippen LogP contribution in [-0.4, -0.2) is 21.0 Å². The first kappa shape index (κ1) is 16.4. The molecule has 1 atom stereocenters. The molecule has 6 heteroatoms. The molecule has 0 saturated carbocycles. The summed E-state index contributed by atoms with van der Waals surface area (Å²) in [6.45, 7) is 0. The third-order valence-electron chi connectivity index (χ3n) is 4.66. The number of nitrogens with zero attached hydrogens (tertiary/aromatic N) is 3. The van der Waals surface area contributed by atoms with Crippen LogP contribution in [0.3, 0.4) is 0 Å². The van der Waals surface area contributed by atoms with Crippen molar-refractivity contribution in [2.45, 2.75) is 38.1 Å². The molecule has 3 aromatic rings. The Kier molecular flexibility index (Phi) is 4.73. The van der Waals surface area contributed by atoms with Gasteiger partial charge in [0.1, 0.15) is 0 Å². The van der Waals surface area contributed by atoms with E-state index in [0.29, 0.717) is 24.6 Å². The van der Waals surface area contributed by atoms with Crippen molar-refractivity contribution in [1.29, 1.82) is 0 Å². The summed E-state index contributed by atoms with van der Waals surface area (Å²) in [6.07, 6.45) is 7.29. The second kappa shape index (κ2) is 7.47. The van der Waals surface area contributed by atoms with Gasteiger partial charge in [0.25, 0.3) is 0 Å². The normalized spacial score (nSPS) is 16.1. The standard InChI is InChI=1S/C20H20N4O2/c25-18(22-17-9-3-6-14-5-1-2-8-16(14)17)10-11-19-23-20(24-26-19)15-7-4-12-21-13-15/h1-2,4-5,7-8,12-13,17H,3,6,9-11H2,(H,22,25)/t17-/m0/s1. The van der Waals surface area contributed by atoms with Gasteiger partial charge in [-0.3, -0.25) is 9.78 Å². The number of rotatable bonds is 5. The van der Waals surface area contributed by atoms with E-state index >= 15 is 0 Å². The Bertz CT molecular complexity index is 892. The molecular formula is C20H20N4O2. The van der Waals surface area contributed by atoms with Crippen LogP contribution in [0.5, 0.6) is 0 Å². The molecule has 2 heterocycles. The zero-order valence-electron chi connectivity index (χ0n) is 14.4. The van der Waals surface area contributed by atoms with Gasteiger partial charge in [0, 0.05) is 30.8 Å². The smallest absolute Gasteiger partial charge is 0.227 e. The molecule has 0 bridgehead atoms. The van der Waals surface area contributed by atoms with Crippen molar-refractivity contribution in [2.24, 2.45) is 0 Å². The van der Waals surface area contributed by atoms with E-state index in [4.69, 9.17) is 4.52 Å². The van der Waals surface area contributed by atoms with Crippen LogP contribution in [-0.2, 0) is 17.6 Å². The van der Waals surface area contributed by atoms with Gasteiger partial charge in [-0.15, -0.1) is 0 Å². The number of hydrogen-bond acceptors (Lipinski definition) is 5. The molecule has 1 aliphatic rings. The molecule has 0 unspecified atom stereocenters. The van der Waals surface area contributed by atoms with Gasteiger partial charge in [-0.1, -0.05) is 29.4 Å². The van der Waals surface area contributed by atoms with Crippen molar-refractivity contribution in [1.82, 2.24) is 20.4 Å². The van der Waals surface area contributed by atoms with Gasteiger partial charge in [-0.2, -0.15) is 4.98 Å². The lowest BCUT2D eigenvalue weighted by atomic mass is 9.87. The Morgan fingerprint density at radius 1 is 1.23 bits per heavy atom. The largest absolute Gasteiger partial charge is 0.349 e. The van der Waals surface area contributed by atoms with Gasteiger partial charge < -0.3 is 9.84 Å². The maximum Gasteiger partial charge on any atom is 0.227 e. The molecule has 1 N–H and O–H groups in total. The SMILES string of the molecule is O=C(CCc1nc(-c2cccnc2)no1)N[C@H]1CCCc2ccccc21. The van der Waals surface area contributed by atoms with Crippen LogP contribution >= 0.6 is 0 Å². The molecule has 0 radical (unpaired) electrons. The predicted molar refractivity (Wildman–Crippen MR) is 96.1 cm³/mol. The molecule has 1 amide bonds. The molecule has 0 saturated heterocycles. The van der Waals surface area contributed by atoms with Crippen molar-refractivity contribution < 1.29 is 9.32 Å². The van der Waals surface area contributed by atoms with Gasteiger partial charge in [0.2, 0.25) is 17.6 Å². The Labute approximate surface area is 151 Å². The number of fused-ring (bicyclic) bond motifs is 1. The fourth-order valence-corrected chi connectivity index (χ4v) is 3.36. The minimum absolute atomic E-state index is 0.00725. The topological polar surface area (TPSA) is 80.9 Å². The highest BCUT2D eigenvalue weighted by Gasteiger charge is 2.21. The van der Waals surface area contributed by atoms with E-state index in [-0.39, 0.29) is 11.9 Å². The van der Waals surface area contributed by atoms with Crippen LogP contribution < -0.4 is 5.32 Å². The lowest BCUT2D eigenvalue weighted by Crippen LogP contribution is -2.31. The number of benzene rings is 1. The number of aromatic nitrogens is 3. The minimum atomic E-state index is 0.00725. The van der Waals surface area contributed by atoms with Crippen molar-refractivity contribution in [3.63, 3.8) is 0 Å². The van der Waals surface area contributed by atoms with Crippen LogP contribution in [0.4, 0.5) is 0 Å². The van der Waals surface area contributed by atoms with E-state index in [1.807, 2.05) is 18.2 Å². The maximum atomic E-state index is 12.4. The van der Waals surface area contributed by atoms with E-state index in [9.17, 15) is 4.79 Å². The van der Waals surface area contributed by atoms with Crippen LogP contribution in [0.2, 0.25) is 0 Å². The Hall–Kier alpha value is -3.02. The molecule has 26 heavy (non-hydrogen) atoms. The van der Waals surface area contributed by atoms with Crippen LogP contribution in [0.15, 0.2) is 53.3 Å². The van der Waals surface area contributed by atoms with Gasteiger partial charge in [0.05, 0.1) is 6.04 Å². The Balaban J connectivity index is 1.35. The minimum Gasteiger partial charge on any atom is -0.349 e. The first-order valence-electron chi connectivity index (χ1n) is 8.90. The van der Waals surface area contributed by atoms with Crippen LogP contribution in [0, 0.1) is 0 Å². The number of hydrogen-bond donors (Lipinski definition) is 1. The molecule has 132 valence electrons. The molecule has 1 aliphatic carbocycles. The second-order valence-corrected chi connectivity index (χ2v) is 6.46. The maximum absolute atomic E-state index is 12.4. The van der Waals surface area contributed by atoms with Gasteiger partial charge in [-0.05, 0) is 42.5 Å². The average molecular weight is 348 g/mol. The number of amides is 1. The number of nitrogens with one attached hydrogen (secondary N) is 1. The van der Waals surface area contributed by atoms with Crippen molar-refractivity contribution in [2.75, 3.05) is 0 Å². The summed E-state index contributed by atoms with van der Waals surface area (Å²) in [5, 5.41) is 7.10. The third-order valence-corrected chi connectivity index (χ3v) is 4.66. The molecule has 0 fully saturated rings. The summed E-state index contributed by atoms with van der Waals surface area (Å²) in [7, 11) is 0. The number of carbonyl (C=O) groups is 1. The fraction of sp³-hybridized carbons (Fsp3) is 0.300. The number of pyridine rings is 1. The summed E-state index contributed by atoms with van der Waals surface area (Å²) < 4.78 is 5.25. The first-order chi connectivity index (χ1) is 12.8. The second-order valence-electron chi connectivity index (χ2n) is 6.46. The monoisotopic (exact) mass is 348 g/mol. The lowest BCUT2D eigenvalue weighted by molar-refractivity contribution is -0.122. The third kappa shape index (κ3) is 3.64. The number of carbonyl (C=O) groups excluding carboxylic acids is 1. The zero-order chi connectivity index (χ0) is 17.8. The van der Waals surface area contributed by atoms with Crippen molar-refractivity contribution in [3.8, 4) is 11.4 Å². The van der Waals surface area contributed by atoms with E-state index in [0.717, 1.165) is 24.8 Å². The van der Waals surface area contributed by atoms with Crippen molar-refractivity contribution >= 4 is 5.91 Å². The highest BCUT2D eigenvalue weighted by molar-refractivity contribution is 5.76. The van der Waals surface area contributed by atoms with E-state index in [1.54, 1.807) is 12.4 Å². The highest BCUT2D eigenvalue weighted by atomic mass is 16.5. The predicted octanol–water partition coefficient (Wildman–Crippen LogP) is 3.26.